The molecule has 1 fully saturated rings. The van der Waals surface area contributed by atoms with Crippen LogP contribution in [0.1, 0.15) is 39.0 Å². The fourth-order valence-electron chi connectivity index (χ4n) is 1.95. The lowest BCUT2D eigenvalue weighted by atomic mass is 10.1. The van der Waals surface area contributed by atoms with Gasteiger partial charge in [-0.25, -0.2) is 0 Å². The lowest BCUT2D eigenvalue weighted by molar-refractivity contribution is -0.131. The van der Waals surface area contributed by atoms with E-state index in [4.69, 9.17) is 0 Å². The number of piperidine rings is 1. The Morgan fingerprint density at radius 2 is 1.93 bits per heavy atom. The van der Waals surface area contributed by atoms with Crippen molar-refractivity contribution in [2.45, 2.75) is 39.0 Å². The fourth-order valence-corrected chi connectivity index (χ4v) is 1.95. The molecule has 0 aromatic carbocycles. The first-order valence-electron chi connectivity index (χ1n) is 6.20. The maximum absolute atomic E-state index is 11.8. The Morgan fingerprint density at radius 1 is 1.27 bits per heavy atom. The molecule has 1 heterocycles. The molecule has 1 amide bonds. The second-order valence-electron chi connectivity index (χ2n) is 4.51. The van der Waals surface area contributed by atoms with Gasteiger partial charge in [0.1, 0.15) is 0 Å². The smallest absolute Gasteiger partial charge is 0.236 e. The van der Waals surface area contributed by atoms with E-state index in [-0.39, 0.29) is 5.91 Å². The normalized spacial score (nSPS) is 17.7. The SMILES string of the molecule is CCCCN(C)C(=O)CN1CCCCC1. The van der Waals surface area contributed by atoms with E-state index in [1.807, 2.05) is 11.9 Å². The average molecular weight is 212 g/mol. The predicted octanol–water partition coefficient (Wildman–Crippen LogP) is 1.73. The number of carbonyl (C=O) groups is 1. The highest BCUT2D eigenvalue weighted by Crippen LogP contribution is 2.08. The van der Waals surface area contributed by atoms with Crippen molar-refractivity contribution < 1.29 is 4.79 Å². The van der Waals surface area contributed by atoms with Gasteiger partial charge in [-0.3, -0.25) is 9.69 Å². The molecule has 3 heteroatoms. The minimum Gasteiger partial charge on any atom is -0.345 e. The van der Waals surface area contributed by atoms with Crippen molar-refractivity contribution in [2.75, 3.05) is 33.2 Å². The third-order valence-corrected chi connectivity index (χ3v) is 3.08. The van der Waals surface area contributed by atoms with Gasteiger partial charge in [0.05, 0.1) is 6.54 Å². The lowest BCUT2D eigenvalue weighted by Gasteiger charge is -2.27. The highest BCUT2D eigenvalue weighted by Gasteiger charge is 2.15. The van der Waals surface area contributed by atoms with E-state index < -0.39 is 0 Å². The second-order valence-corrected chi connectivity index (χ2v) is 4.51. The number of hydrogen-bond donors (Lipinski definition) is 0. The molecule has 0 atom stereocenters. The first-order valence-corrected chi connectivity index (χ1v) is 6.20. The largest absolute Gasteiger partial charge is 0.345 e. The van der Waals surface area contributed by atoms with E-state index in [9.17, 15) is 4.79 Å². The molecule has 0 spiro atoms. The Labute approximate surface area is 93.4 Å². The molecule has 88 valence electrons. The Bertz CT molecular complexity index is 188. The van der Waals surface area contributed by atoms with Crippen molar-refractivity contribution >= 4 is 5.91 Å². The summed E-state index contributed by atoms with van der Waals surface area (Å²) < 4.78 is 0. The maximum Gasteiger partial charge on any atom is 0.236 e. The maximum atomic E-state index is 11.8. The lowest BCUT2D eigenvalue weighted by Crippen LogP contribution is -2.40. The van der Waals surface area contributed by atoms with Gasteiger partial charge in [-0.05, 0) is 32.4 Å². The van der Waals surface area contributed by atoms with Crippen molar-refractivity contribution in [1.82, 2.24) is 9.80 Å². The quantitative estimate of drug-likeness (QED) is 0.693. The van der Waals surface area contributed by atoms with Crippen LogP contribution in [0.15, 0.2) is 0 Å². The van der Waals surface area contributed by atoms with Crippen LogP contribution in [-0.2, 0) is 4.79 Å². The molecular formula is C12H24N2O. The second kappa shape index (κ2) is 6.83. The summed E-state index contributed by atoms with van der Waals surface area (Å²) in [5.41, 5.74) is 0. The minimum absolute atomic E-state index is 0.283. The van der Waals surface area contributed by atoms with E-state index in [1.165, 1.54) is 19.3 Å². The van der Waals surface area contributed by atoms with Crippen LogP contribution in [0, 0.1) is 0 Å². The number of nitrogens with zero attached hydrogens (tertiary/aromatic N) is 2. The van der Waals surface area contributed by atoms with E-state index in [2.05, 4.69) is 11.8 Å². The van der Waals surface area contributed by atoms with Crippen LogP contribution < -0.4 is 0 Å². The van der Waals surface area contributed by atoms with Gasteiger partial charge in [0.25, 0.3) is 0 Å². The third kappa shape index (κ3) is 4.65. The van der Waals surface area contributed by atoms with Crippen molar-refractivity contribution in [3.8, 4) is 0 Å². The first-order chi connectivity index (χ1) is 7.24. The predicted molar refractivity (Wildman–Crippen MR) is 62.8 cm³/mol. The number of rotatable bonds is 5. The number of likely N-dealkylation sites (tertiary alicyclic amines) is 1. The Morgan fingerprint density at radius 3 is 2.53 bits per heavy atom. The summed E-state index contributed by atoms with van der Waals surface area (Å²) in [7, 11) is 1.92. The van der Waals surface area contributed by atoms with Gasteiger partial charge < -0.3 is 4.90 Å². The number of amides is 1. The highest BCUT2D eigenvalue weighted by atomic mass is 16.2. The van der Waals surface area contributed by atoms with Crippen LogP contribution in [-0.4, -0.2) is 48.9 Å². The van der Waals surface area contributed by atoms with Gasteiger partial charge in [-0.2, -0.15) is 0 Å². The zero-order valence-electron chi connectivity index (χ0n) is 10.2. The Hall–Kier alpha value is -0.570. The molecule has 3 nitrogen and oxygen atoms in total. The van der Waals surface area contributed by atoms with E-state index in [0.29, 0.717) is 6.54 Å². The molecule has 1 rings (SSSR count). The van der Waals surface area contributed by atoms with Gasteiger partial charge in [0.2, 0.25) is 5.91 Å². The molecule has 1 aliphatic rings. The zero-order valence-corrected chi connectivity index (χ0v) is 10.2. The number of carbonyl (C=O) groups excluding carboxylic acids is 1. The standard InChI is InChI=1S/C12H24N2O/c1-3-4-8-13(2)12(15)11-14-9-6-5-7-10-14/h3-11H2,1-2H3. The van der Waals surface area contributed by atoms with Gasteiger partial charge in [0, 0.05) is 13.6 Å². The first kappa shape index (κ1) is 12.5. The summed E-state index contributed by atoms with van der Waals surface area (Å²) in [5, 5.41) is 0. The van der Waals surface area contributed by atoms with Crippen LogP contribution in [0.5, 0.6) is 0 Å². The van der Waals surface area contributed by atoms with Gasteiger partial charge in [0.15, 0.2) is 0 Å². The molecule has 0 bridgehead atoms. The van der Waals surface area contributed by atoms with Crippen LogP contribution >= 0.6 is 0 Å². The number of unbranched alkanes of at least 4 members (excludes halogenated alkanes) is 1. The Kier molecular flexibility index (Phi) is 5.69. The van der Waals surface area contributed by atoms with Gasteiger partial charge in [-0.15, -0.1) is 0 Å². The monoisotopic (exact) mass is 212 g/mol. The number of hydrogen-bond acceptors (Lipinski definition) is 2. The molecule has 0 unspecified atom stereocenters. The minimum atomic E-state index is 0.283. The van der Waals surface area contributed by atoms with Gasteiger partial charge in [-0.1, -0.05) is 19.8 Å². The van der Waals surface area contributed by atoms with E-state index in [1.54, 1.807) is 0 Å². The zero-order chi connectivity index (χ0) is 11.1. The summed E-state index contributed by atoms with van der Waals surface area (Å²) >= 11 is 0. The van der Waals surface area contributed by atoms with Crippen LogP contribution in [0.25, 0.3) is 0 Å². The van der Waals surface area contributed by atoms with E-state index in [0.717, 1.165) is 32.5 Å². The van der Waals surface area contributed by atoms with E-state index >= 15 is 0 Å². The molecule has 0 aromatic rings. The Balaban J connectivity index is 2.20. The third-order valence-electron chi connectivity index (χ3n) is 3.08. The molecule has 0 N–H and O–H groups in total. The summed E-state index contributed by atoms with van der Waals surface area (Å²) in [6.07, 6.45) is 6.11. The summed E-state index contributed by atoms with van der Waals surface area (Å²) in [6, 6.07) is 0. The summed E-state index contributed by atoms with van der Waals surface area (Å²) in [6.45, 7) is 5.90. The molecule has 0 saturated carbocycles. The van der Waals surface area contributed by atoms with Crippen molar-refractivity contribution in [3.05, 3.63) is 0 Å². The average Bonchev–Trinajstić information content (AvgIpc) is 2.27. The highest BCUT2D eigenvalue weighted by molar-refractivity contribution is 5.77. The molecule has 0 aromatic heterocycles. The molecule has 1 saturated heterocycles. The summed E-state index contributed by atoms with van der Waals surface area (Å²) in [5.74, 6) is 0.283. The topological polar surface area (TPSA) is 23.6 Å². The van der Waals surface area contributed by atoms with Gasteiger partial charge >= 0.3 is 0 Å². The van der Waals surface area contributed by atoms with Crippen LogP contribution in [0.3, 0.4) is 0 Å². The molecule has 1 aliphatic heterocycles. The van der Waals surface area contributed by atoms with Crippen molar-refractivity contribution in [1.29, 1.82) is 0 Å². The fraction of sp³-hybridized carbons (Fsp3) is 0.917. The molecule has 0 radical (unpaired) electrons. The molecule has 0 aliphatic carbocycles. The molecule has 15 heavy (non-hydrogen) atoms. The van der Waals surface area contributed by atoms with Crippen molar-refractivity contribution in [3.63, 3.8) is 0 Å². The number of likely N-dealkylation sites (N-methyl/N-ethyl adjacent to an activating group) is 1. The summed E-state index contributed by atoms with van der Waals surface area (Å²) in [4.78, 5) is 16.0. The molecular weight excluding hydrogens is 188 g/mol. The van der Waals surface area contributed by atoms with Crippen molar-refractivity contribution in [2.24, 2.45) is 0 Å². The van der Waals surface area contributed by atoms with Crippen LogP contribution in [0.4, 0.5) is 0 Å². The van der Waals surface area contributed by atoms with Crippen LogP contribution in [0.2, 0.25) is 0 Å².